The van der Waals surface area contributed by atoms with E-state index in [9.17, 15) is 33.6 Å². The first-order chi connectivity index (χ1) is 31.2. The zero-order valence-electron chi connectivity index (χ0n) is 39.5. The third-order valence-corrected chi connectivity index (χ3v) is 11.2. The predicted molar refractivity (Wildman–Crippen MR) is 255 cm³/mol. The van der Waals surface area contributed by atoms with Crippen molar-refractivity contribution in [2.24, 2.45) is 45.9 Å². The van der Waals surface area contributed by atoms with Crippen molar-refractivity contribution in [1.29, 1.82) is 0 Å². The van der Waals surface area contributed by atoms with E-state index < -0.39 is 65.9 Å². The quantitative estimate of drug-likeness (QED) is 0.0298. The Morgan fingerprint density at radius 1 is 0.338 bits per heavy atom. The monoisotopic (exact) mass is 927 g/mol. The minimum atomic E-state index is -0.982. The van der Waals surface area contributed by atoms with E-state index in [-0.39, 0.29) is 43.4 Å². The number of hydrogen-bond acceptors (Lipinski definition) is 15. The lowest BCUT2D eigenvalue weighted by Gasteiger charge is -2.24. The second kappa shape index (κ2) is 39.3. The van der Waals surface area contributed by atoms with Crippen molar-refractivity contribution in [3.8, 4) is 0 Å². The van der Waals surface area contributed by atoms with Gasteiger partial charge in [0, 0.05) is 26.1 Å². The van der Waals surface area contributed by atoms with E-state index in [4.69, 9.17) is 45.9 Å². The molecule has 21 heteroatoms. The van der Waals surface area contributed by atoms with Gasteiger partial charge in [-0.2, -0.15) is 0 Å². The van der Waals surface area contributed by atoms with E-state index in [1.54, 1.807) is 6.92 Å². The summed E-state index contributed by atoms with van der Waals surface area (Å²) in [4.78, 5) is 91.0. The fourth-order valence-electron chi connectivity index (χ4n) is 6.93. The van der Waals surface area contributed by atoms with Crippen LogP contribution in [-0.4, -0.2) is 129 Å². The molecule has 0 aliphatic carbocycles. The lowest BCUT2D eigenvalue weighted by atomic mass is 10.0. The van der Waals surface area contributed by atoms with Gasteiger partial charge in [0.25, 0.3) is 0 Å². The van der Waals surface area contributed by atoms with Crippen LogP contribution in [0.1, 0.15) is 148 Å². The van der Waals surface area contributed by atoms with Gasteiger partial charge in [-0.1, -0.05) is 32.6 Å². The summed E-state index contributed by atoms with van der Waals surface area (Å²) in [7, 11) is 0. The summed E-state index contributed by atoms with van der Waals surface area (Å²) in [5.74, 6) is -2.55. The number of nitrogens with one attached hydrogen (secondary N) is 6. The van der Waals surface area contributed by atoms with E-state index in [1.165, 1.54) is 0 Å². The van der Waals surface area contributed by atoms with Gasteiger partial charge in [0.05, 0.1) is 30.2 Å². The number of rotatable bonds is 42. The normalized spacial score (nSPS) is 14.5. The van der Waals surface area contributed by atoms with Crippen molar-refractivity contribution in [3.63, 3.8) is 0 Å². The van der Waals surface area contributed by atoms with Gasteiger partial charge in [0.2, 0.25) is 35.4 Å². The zero-order chi connectivity index (χ0) is 48.8. The van der Waals surface area contributed by atoms with Crippen LogP contribution < -0.4 is 77.8 Å². The van der Waals surface area contributed by atoms with Crippen LogP contribution in [0.3, 0.4) is 0 Å². The Morgan fingerprint density at radius 3 is 0.954 bits per heavy atom. The molecule has 0 radical (unpaired) electrons. The minimum Gasteiger partial charge on any atom is -0.355 e. The first-order valence-corrected chi connectivity index (χ1v) is 24.3. The number of amides is 6. The van der Waals surface area contributed by atoms with Crippen molar-refractivity contribution in [3.05, 3.63) is 0 Å². The van der Waals surface area contributed by atoms with Gasteiger partial charge in [-0.3, -0.25) is 33.6 Å². The lowest BCUT2D eigenvalue weighted by molar-refractivity contribution is -0.132. The van der Waals surface area contributed by atoms with Crippen LogP contribution >= 0.6 is 0 Å². The van der Waals surface area contributed by atoms with Gasteiger partial charge >= 0.3 is 0 Å². The largest absolute Gasteiger partial charge is 0.355 e. The van der Waals surface area contributed by atoms with Crippen molar-refractivity contribution in [1.82, 2.24) is 31.9 Å². The van der Waals surface area contributed by atoms with Crippen LogP contribution in [0.15, 0.2) is 0 Å². The highest BCUT2D eigenvalue weighted by atomic mass is 16.2. The van der Waals surface area contributed by atoms with Crippen LogP contribution in [0.4, 0.5) is 0 Å². The fraction of sp³-hybridized carbons (Fsp3) is 0.841. The molecule has 378 valence electrons. The summed E-state index contributed by atoms with van der Waals surface area (Å²) in [6.45, 7) is 4.65. The van der Waals surface area contributed by atoms with Gasteiger partial charge in [-0.25, -0.2) is 0 Å². The van der Waals surface area contributed by atoms with Gasteiger partial charge in [-0.05, 0) is 135 Å². The van der Waals surface area contributed by atoms with Crippen LogP contribution in [0.25, 0.3) is 0 Å². The van der Waals surface area contributed by atoms with Crippen LogP contribution in [0.5, 0.6) is 0 Å². The summed E-state index contributed by atoms with van der Waals surface area (Å²) >= 11 is 0. The number of Topliss-reactive ketones (excluding diaryl/α,β-unsaturated/α-hetero) is 1. The van der Waals surface area contributed by atoms with Crippen LogP contribution in [-0.2, 0) is 33.6 Å². The van der Waals surface area contributed by atoms with Crippen LogP contribution in [0, 0.1) is 0 Å². The van der Waals surface area contributed by atoms with E-state index >= 15 is 0 Å². The van der Waals surface area contributed by atoms with Crippen molar-refractivity contribution < 1.29 is 33.6 Å². The Kier molecular flexibility index (Phi) is 37.0. The third-order valence-electron chi connectivity index (χ3n) is 11.2. The number of carbonyl (C=O) groups excluding carboxylic acids is 7. The number of carbonyl (C=O) groups is 7. The predicted octanol–water partition coefficient (Wildman–Crippen LogP) is -1.90. The highest BCUT2D eigenvalue weighted by Gasteiger charge is 2.28. The third kappa shape index (κ3) is 30.2. The second-order valence-corrected chi connectivity index (χ2v) is 16.9. The molecule has 21 nitrogen and oxygen atoms in total. The molecule has 0 aromatic heterocycles. The highest BCUT2D eigenvalue weighted by Crippen LogP contribution is 2.10. The average Bonchev–Trinajstić information content (AvgIpc) is 3.29. The number of hydrogen-bond donors (Lipinski definition) is 14. The molecule has 0 bridgehead atoms. The lowest BCUT2D eigenvalue weighted by Crippen LogP contribution is -2.54. The fourth-order valence-corrected chi connectivity index (χ4v) is 6.93. The smallest absolute Gasteiger partial charge is 0.243 e. The Bertz CT molecular complexity index is 1350. The van der Waals surface area contributed by atoms with E-state index in [1.807, 2.05) is 0 Å². The molecular formula is C44H90N14O7. The van der Waals surface area contributed by atoms with E-state index in [0.29, 0.717) is 129 Å². The summed E-state index contributed by atoms with van der Waals surface area (Å²) in [5.41, 5.74) is 46.4. The second-order valence-electron chi connectivity index (χ2n) is 16.9. The van der Waals surface area contributed by atoms with Gasteiger partial charge in [-0.15, -0.1) is 0 Å². The molecular weight excluding hydrogens is 837 g/mol. The first kappa shape index (κ1) is 61.2. The minimum absolute atomic E-state index is 0.166. The van der Waals surface area contributed by atoms with Crippen molar-refractivity contribution in [2.75, 3.05) is 45.8 Å². The molecule has 0 saturated carbocycles. The molecule has 6 amide bonds. The standard InChI is InChI=1S/C44H90N14O7/c1-2-38(59)35(56-44(65)37(58-42(63)34(52)20-6-13-27-48)23-9-16-29-54-40(61)32(50)18-4-11-25-46)21-7-14-30-55-43(64)36(57-41(62)33(51)19-5-12-26-47)22-8-15-28-53-39(60)31(49)17-3-10-24-45/h31-37H,2-30,45-52H2,1H3,(H,53,60)(H,54,61)(H,55,64)(H,56,65)(H,57,62)(H,58,63). The van der Waals surface area contributed by atoms with E-state index in [2.05, 4.69) is 31.9 Å². The Hall–Kier alpha value is -3.83. The molecule has 65 heavy (non-hydrogen) atoms. The molecule has 0 heterocycles. The van der Waals surface area contributed by atoms with E-state index in [0.717, 1.165) is 32.1 Å². The van der Waals surface area contributed by atoms with Crippen LogP contribution in [0.2, 0.25) is 0 Å². The Balaban J connectivity index is 5.48. The maximum Gasteiger partial charge on any atom is 0.243 e. The van der Waals surface area contributed by atoms with Gasteiger partial charge < -0.3 is 77.8 Å². The molecule has 0 aliphatic rings. The molecule has 7 unspecified atom stereocenters. The topological polar surface area (TPSA) is 400 Å². The summed E-state index contributed by atoms with van der Waals surface area (Å²) in [6.07, 6.45) is 11.7. The Morgan fingerprint density at radius 2 is 0.615 bits per heavy atom. The molecule has 0 fully saturated rings. The van der Waals surface area contributed by atoms with Crippen molar-refractivity contribution >= 4 is 41.2 Å². The molecule has 0 aromatic carbocycles. The molecule has 7 atom stereocenters. The number of ketones is 1. The molecule has 0 spiro atoms. The summed E-state index contributed by atoms with van der Waals surface area (Å²) in [5, 5.41) is 16.9. The molecule has 0 aromatic rings. The molecule has 0 rings (SSSR count). The highest BCUT2D eigenvalue weighted by molar-refractivity contribution is 5.93. The SMILES string of the molecule is CCC(=O)C(CCCCNC(=O)C(CCCCNC(=O)C(N)CCCCN)NC(=O)C(N)CCCCN)NC(=O)C(CCCCNC(=O)C(N)CCCCN)NC(=O)C(N)CCCCN. The maximum absolute atomic E-state index is 13.7. The summed E-state index contributed by atoms with van der Waals surface area (Å²) < 4.78 is 0. The average molecular weight is 927 g/mol. The number of unbranched alkanes of at least 4 members (excludes halogenated alkanes) is 7. The number of nitrogens with two attached hydrogens (primary N) is 8. The molecule has 22 N–H and O–H groups in total. The maximum atomic E-state index is 13.7. The zero-order valence-corrected chi connectivity index (χ0v) is 39.5. The summed E-state index contributed by atoms with van der Waals surface area (Å²) in [6, 6.07) is -5.60. The Labute approximate surface area is 388 Å². The first-order valence-electron chi connectivity index (χ1n) is 24.3. The van der Waals surface area contributed by atoms with Gasteiger partial charge in [0.1, 0.15) is 12.1 Å². The van der Waals surface area contributed by atoms with Crippen molar-refractivity contribution in [2.45, 2.75) is 190 Å². The van der Waals surface area contributed by atoms with Gasteiger partial charge in [0.15, 0.2) is 5.78 Å². The molecule has 0 aliphatic heterocycles. The molecule has 0 saturated heterocycles.